The van der Waals surface area contributed by atoms with E-state index in [9.17, 15) is 4.79 Å². The molecule has 2 saturated heterocycles. The molecule has 1 unspecified atom stereocenters. The number of amides is 2. The molecule has 0 aromatic carbocycles. The molecule has 1 atom stereocenters. The van der Waals surface area contributed by atoms with Gasteiger partial charge in [0.1, 0.15) is 5.82 Å². The zero-order valence-corrected chi connectivity index (χ0v) is 10.3. The fraction of sp³-hybridized carbons (Fsp3) is 0.545. The first-order chi connectivity index (χ1) is 8.65. The molecule has 1 aromatic rings. The zero-order chi connectivity index (χ0) is 12.7. The fourth-order valence-electron chi connectivity index (χ4n) is 2.56. The van der Waals surface area contributed by atoms with Gasteiger partial charge in [-0.25, -0.2) is 9.78 Å². The number of carbonyl (C=O) groups is 1. The average Bonchev–Trinajstić information content (AvgIpc) is 2.74. The van der Waals surface area contributed by atoms with Crippen molar-refractivity contribution in [1.29, 1.82) is 0 Å². The van der Waals surface area contributed by atoms with Crippen LogP contribution in [0.1, 0.15) is 5.56 Å². The maximum Gasteiger partial charge on any atom is 0.317 e. The lowest BCUT2D eigenvalue weighted by molar-refractivity contribution is 0.197. The van der Waals surface area contributed by atoms with E-state index in [1.807, 2.05) is 11.8 Å². The SMILES string of the molecule is Cc1cnc(N)nc1N1CCN2C(=O)NCC2C1. The van der Waals surface area contributed by atoms with Crippen LogP contribution < -0.4 is 16.0 Å². The normalized spacial score (nSPS) is 22.9. The van der Waals surface area contributed by atoms with Gasteiger partial charge in [-0.05, 0) is 6.92 Å². The van der Waals surface area contributed by atoms with Gasteiger partial charge in [0.2, 0.25) is 5.95 Å². The van der Waals surface area contributed by atoms with Gasteiger partial charge in [0.15, 0.2) is 0 Å². The summed E-state index contributed by atoms with van der Waals surface area (Å²) in [4.78, 5) is 23.9. The number of aromatic nitrogens is 2. The third kappa shape index (κ3) is 1.71. The van der Waals surface area contributed by atoms with Gasteiger partial charge in [-0.15, -0.1) is 0 Å². The molecule has 3 heterocycles. The highest BCUT2D eigenvalue weighted by atomic mass is 16.2. The molecule has 2 aliphatic heterocycles. The maximum atomic E-state index is 11.5. The number of urea groups is 1. The lowest BCUT2D eigenvalue weighted by Crippen LogP contribution is -2.52. The number of hydrogen-bond donors (Lipinski definition) is 2. The first-order valence-electron chi connectivity index (χ1n) is 6.03. The van der Waals surface area contributed by atoms with Crippen molar-refractivity contribution in [1.82, 2.24) is 20.2 Å². The number of rotatable bonds is 1. The lowest BCUT2D eigenvalue weighted by atomic mass is 10.2. The summed E-state index contributed by atoms with van der Waals surface area (Å²) in [6.07, 6.45) is 1.74. The van der Waals surface area contributed by atoms with Gasteiger partial charge >= 0.3 is 6.03 Å². The quantitative estimate of drug-likeness (QED) is 0.705. The van der Waals surface area contributed by atoms with E-state index in [2.05, 4.69) is 20.2 Å². The monoisotopic (exact) mass is 248 g/mol. The Kier molecular flexibility index (Phi) is 2.46. The highest BCUT2D eigenvalue weighted by Gasteiger charge is 2.36. The van der Waals surface area contributed by atoms with E-state index in [1.165, 1.54) is 0 Å². The Balaban J connectivity index is 1.82. The van der Waals surface area contributed by atoms with Gasteiger partial charge in [-0.1, -0.05) is 0 Å². The van der Waals surface area contributed by atoms with E-state index >= 15 is 0 Å². The minimum Gasteiger partial charge on any atom is -0.368 e. The molecule has 2 aliphatic rings. The molecule has 2 amide bonds. The first-order valence-corrected chi connectivity index (χ1v) is 6.03. The number of nitrogen functional groups attached to an aromatic ring is 1. The number of nitrogens with two attached hydrogens (primary N) is 1. The van der Waals surface area contributed by atoms with Gasteiger partial charge in [-0.2, -0.15) is 4.98 Å². The summed E-state index contributed by atoms with van der Waals surface area (Å²) in [5, 5.41) is 2.86. The predicted octanol–water partition coefficient (Wildman–Crippen LogP) is -0.419. The number of carbonyl (C=O) groups excluding carboxylic acids is 1. The summed E-state index contributed by atoms with van der Waals surface area (Å²) in [5.41, 5.74) is 6.65. The van der Waals surface area contributed by atoms with Crippen molar-refractivity contribution in [2.24, 2.45) is 0 Å². The summed E-state index contributed by atoms with van der Waals surface area (Å²) in [6, 6.07) is 0.264. The lowest BCUT2D eigenvalue weighted by Gasteiger charge is -2.37. The molecule has 3 rings (SSSR count). The second-order valence-electron chi connectivity index (χ2n) is 4.71. The van der Waals surface area contributed by atoms with Crippen molar-refractivity contribution in [3.05, 3.63) is 11.8 Å². The minimum absolute atomic E-state index is 0.0403. The molecular weight excluding hydrogens is 232 g/mol. The molecule has 18 heavy (non-hydrogen) atoms. The van der Waals surface area contributed by atoms with E-state index < -0.39 is 0 Å². The van der Waals surface area contributed by atoms with Crippen molar-refractivity contribution in [2.75, 3.05) is 36.8 Å². The van der Waals surface area contributed by atoms with E-state index in [4.69, 9.17) is 5.73 Å². The standard InChI is InChI=1S/C11H16N6O/c1-7-4-13-10(12)15-9(7)16-2-3-17-8(6-16)5-14-11(17)18/h4,8H,2-3,5-6H2,1H3,(H,14,18)(H2,12,13,15). The molecule has 0 spiro atoms. The van der Waals surface area contributed by atoms with Crippen LogP contribution in [0.5, 0.6) is 0 Å². The average molecular weight is 248 g/mol. The maximum absolute atomic E-state index is 11.5. The summed E-state index contributed by atoms with van der Waals surface area (Å²) >= 11 is 0. The molecule has 0 aliphatic carbocycles. The highest BCUT2D eigenvalue weighted by molar-refractivity contribution is 5.77. The van der Waals surface area contributed by atoms with Crippen LogP contribution in [-0.4, -0.2) is 53.1 Å². The first kappa shape index (κ1) is 11.1. The largest absolute Gasteiger partial charge is 0.368 e. The second kappa shape index (κ2) is 4.01. The van der Waals surface area contributed by atoms with Crippen LogP contribution in [0.25, 0.3) is 0 Å². The fourth-order valence-corrected chi connectivity index (χ4v) is 2.56. The van der Waals surface area contributed by atoms with Crippen LogP contribution in [0.3, 0.4) is 0 Å². The molecule has 0 saturated carbocycles. The number of nitrogens with one attached hydrogen (secondary N) is 1. The van der Waals surface area contributed by atoms with E-state index in [1.54, 1.807) is 6.20 Å². The van der Waals surface area contributed by atoms with Crippen LogP contribution in [0.2, 0.25) is 0 Å². The van der Waals surface area contributed by atoms with E-state index in [0.717, 1.165) is 31.0 Å². The predicted molar refractivity (Wildman–Crippen MR) is 67.3 cm³/mol. The van der Waals surface area contributed by atoms with Gasteiger partial charge in [0, 0.05) is 37.9 Å². The molecule has 96 valence electrons. The molecule has 7 heteroatoms. The van der Waals surface area contributed by atoms with Crippen molar-refractivity contribution < 1.29 is 4.79 Å². The van der Waals surface area contributed by atoms with Gasteiger partial charge < -0.3 is 20.9 Å². The van der Waals surface area contributed by atoms with Crippen LogP contribution in [-0.2, 0) is 0 Å². The third-order valence-electron chi connectivity index (χ3n) is 3.50. The van der Waals surface area contributed by atoms with Crippen LogP contribution >= 0.6 is 0 Å². The number of aryl methyl sites for hydroxylation is 1. The number of hydrogen-bond acceptors (Lipinski definition) is 5. The zero-order valence-electron chi connectivity index (χ0n) is 10.3. The molecule has 0 radical (unpaired) electrons. The molecule has 2 fully saturated rings. The third-order valence-corrected chi connectivity index (χ3v) is 3.50. The van der Waals surface area contributed by atoms with Crippen molar-refractivity contribution in [3.8, 4) is 0 Å². The molecule has 3 N–H and O–H groups in total. The van der Waals surface area contributed by atoms with Crippen molar-refractivity contribution >= 4 is 17.8 Å². The Labute approximate surface area is 105 Å². The van der Waals surface area contributed by atoms with Gasteiger partial charge in [-0.3, -0.25) is 0 Å². The van der Waals surface area contributed by atoms with E-state index in [-0.39, 0.29) is 12.1 Å². The smallest absolute Gasteiger partial charge is 0.317 e. The Morgan fingerprint density at radius 1 is 1.50 bits per heavy atom. The molecule has 1 aromatic heterocycles. The molecule has 7 nitrogen and oxygen atoms in total. The summed E-state index contributed by atoms with van der Waals surface area (Å²) < 4.78 is 0. The highest BCUT2D eigenvalue weighted by Crippen LogP contribution is 2.22. The Bertz CT molecular complexity index is 490. The summed E-state index contributed by atoms with van der Waals surface area (Å²) in [6.45, 7) is 4.96. The van der Waals surface area contributed by atoms with Crippen molar-refractivity contribution in [3.63, 3.8) is 0 Å². The Morgan fingerprint density at radius 3 is 3.17 bits per heavy atom. The number of piperazine rings is 1. The second-order valence-corrected chi connectivity index (χ2v) is 4.71. The number of anilines is 2. The minimum atomic E-state index is 0.0403. The van der Waals surface area contributed by atoms with E-state index in [0.29, 0.717) is 12.5 Å². The van der Waals surface area contributed by atoms with Gasteiger partial charge in [0.05, 0.1) is 6.04 Å². The molecule has 0 bridgehead atoms. The van der Waals surface area contributed by atoms with Crippen molar-refractivity contribution in [2.45, 2.75) is 13.0 Å². The van der Waals surface area contributed by atoms with Crippen LogP contribution in [0, 0.1) is 6.92 Å². The molecular formula is C11H16N6O. The number of fused-ring (bicyclic) bond motifs is 1. The van der Waals surface area contributed by atoms with Gasteiger partial charge in [0.25, 0.3) is 0 Å². The Hall–Kier alpha value is -2.05. The summed E-state index contributed by atoms with van der Waals surface area (Å²) in [7, 11) is 0. The Morgan fingerprint density at radius 2 is 2.33 bits per heavy atom. The van der Waals surface area contributed by atoms with Crippen LogP contribution in [0.4, 0.5) is 16.6 Å². The summed E-state index contributed by atoms with van der Waals surface area (Å²) in [5.74, 6) is 1.17. The van der Waals surface area contributed by atoms with Crippen LogP contribution in [0.15, 0.2) is 6.20 Å². The topological polar surface area (TPSA) is 87.4 Å². The number of nitrogens with zero attached hydrogens (tertiary/aromatic N) is 4.